The van der Waals surface area contributed by atoms with Crippen LogP contribution in [0.15, 0.2) is 0 Å². The Labute approximate surface area is 117 Å². The molecular formula is C14H30N2O3. The number of hydrogen-bond donors (Lipinski definition) is 2. The molecule has 0 atom stereocenters. The molecule has 5 nitrogen and oxygen atoms in total. The molecule has 1 amide bonds. The maximum absolute atomic E-state index is 11.4. The fourth-order valence-electron chi connectivity index (χ4n) is 1.45. The number of rotatable bonds is 14. The maximum Gasteiger partial charge on any atom is 0.221 e. The lowest BCUT2D eigenvalue weighted by Crippen LogP contribution is -2.30. The molecule has 19 heavy (non-hydrogen) atoms. The highest BCUT2D eigenvalue weighted by atomic mass is 16.5. The van der Waals surface area contributed by atoms with E-state index in [1.165, 1.54) is 6.42 Å². The van der Waals surface area contributed by atoms with Crippen LogP contribution >= 0.6 is 0 Å². The van der Waals surface area contributed by atoms with E-state index in [4.69, 9.17) is 9.47 Å². The largest absolute Gasteiger partial charge is 0.379 e. The van der Waals surface area contributed by atoms with Crippen LogP contribution in [-0.4, -0.2) is 52.0 Å². The first kappa shape index (κ1) is 18.4. The third-order valence-electron chi connectivity index (χ3n) is 2.52. The number of unbranched alkanes of at least 4 members (excludes halogenated alkanes) is 1. The molecule has 0 aromatic carbocycles. The van der Waals surface area contributed by atoms with E-state index >= 15 is 0 Å². The fraction of sp³-hybridized carbons (Fsp3) is 0.929. The summed E-state index contributed by atoms with van der Waals surface area (Å²) >= 11 is 0. The highest BCUT2D eigenvalue weighted by molar-refractivity contribution is 5.75. The van der Waals surface area contributed by atoms with Gasteiger partial charge in [0.2, 0.25) is 5.91 Å². The summed E-state index contributed by atoms with van der Waals surface area (Å²) in [6.45, 7) is 9.09. The second-order valence-corrected chi connectivity index (χ2v) is 4.43. The minimum atomic E-state index is 0.0785. The molecule has 0 bridgehead atoms. The van der Waals surface area contributed by atoms with Crippen LogP contribution in [0.25, 0.3) is 0 Å². The summed E-state index contributed by atoms with van der Waals surface area (Å²) < 4.78 is 10.6. The number of carbonyl (C=O) groups excluding carboxylic acids is 1. The van der Waals surface area contributed by atoms with Crippen LogP contribution in [0.3, 0.4) is 0 Å². The van der Waals surface area contributed by atoms with Gasteiger partial charge in [0, 0.05) is 26.1 Å². The molecule has 114 valence electrons. The van der Waals surface area contributed by atoms with E-state index in [0.29, 0.717) is 32.8 Å². The SMILES string of the molecule is CCCCNCCC(=O)NCCOCCOCCC. The summed E-state index contributed by atoms with van der Waals surface area (Å²) in [6.07, 6.45) is 3.90. The van der Waals surface area contributed by atoms with E-state index < -0.39 is 0 Å². The Morgan fingerprint density at radius 2 is 1.63 bits per heavy atom. The van der Waals surface area contributed by atoms with Crippen molar-refractivity contribution in [2.45, 2.75) is 39.5 Å². The highest BCUT2D eigenvalue weighted by Crippen LogP contribution is 1.84. The van der Waals surface area contributed by atoms with Gasteiger partial charge in [-0.2, -0.15) is 0 Å². The molecule has 0 aromatic rings. The second-order valence-electron chi connectivity index (χ2n) is 4.43. The molecule has 0 heterocycles. The van der Waals surface area contributed by atoms with Crippen LogP contribution < -0.4 is 10.6 Å². The molecule has 0 saturated carbocycles. The van der Waals surface area contributed by atoms with Gasteiger partial charge in [0.25, 0.3) is 0 Å². The highest BCUT2D eigenvalue weighted by Gasteiger charge is 1.99. The minimum Gasteiger partial charge on any atom is -0.379 e. The van der Waals surface area contributed by atoms with Gasteiger partial charge in [-0.05, 0) is 19.4 Å². The van der Waals surface area contributed by atoms with Gasteiger partial charge in [0.05, 0.1) is 19.8 Å². The predicted molar refractivity (Wildman–Crippen MR) is 77.3 cm³/mol. The van der Waals surface area contributed by atoms with Crippen LogP contribution in [-0.2, 0) is 14.3 Å². The van der Waals surface area contributed by atoms with Gasteiger partial charge in [-0.15, -0.1) is 0 Å². The van der Waals surface area contributed by atoms with Gasteiger partial charge in [-0.3, -0.25) is 4.79 Å². The topological polar surface area (TPSA) is 59.6 Å². The lowest BCUT2D eigenvalue weighted by Gasteiger charge is -2.07. The number of ether oxygens (including phenoxy) is 2. The third kappa shape index (κ3) is 15.3. The Balaban J connectivity index is 3.12. The van der Waals surface area contributed by atoms with Crippen LogP contribution in [0, 0.1) is 0 Å². The molecule has 0 aromatic heterocycles. The van der Waals surface area contributed by atoms with Gasteiger partial charge in [-0.25, -0.2) is 0 Å². The Morgan fingerprint density at radius 3 is 2.32 bits per heavy atom. The average Bonchev–Trinajstić information content (AvgIpc) is 2.41. The molecule has 5 heteroatoms. The fourth-order valence-corrected chi connectivity index (χ4v) is 1.45. The summed E-state index contributed by atoms with van der Waals surface area (Å²) in [5.74, 6) is 0.0785. The normalized spacial score (nSPS) is 10.6. The smallest absolute Gasteiger partial charge is 0.221 e. The van der Waals surface area contributed by atoms with Gasteiger partial charge in [0.1, 0.15) is 0 Å². The standard InChI is InChI=1S/C14H30N2O3/c1-3-5-7-15-8-6-14(17)16-9-11-19-13-12-18-10-4-2/h15H,3-13H2,1-2H3,(H,16,17). The Kier molecular flexibility index (Phi) is 14.9. The van der Waals surface area contributed by atoms with Crippen molar-refractivity contribution in [2.75, 3.05) is 46.1 Å². The van der Waals surface area contributed by atoms with Gasteiger partial charge in [0.15, 0.2) is 0 Å². The van der Waals surface area contributed by atoms with E-state index in [-0.39, 0.29) is 5.91 Å². The molecular weight excluding hydrogens is 244 g/mol. The monoisotopic (exact) mass is 274 g/mol. The summed E-state index contributed by atoms with van der Waals surface area (Å²) in [5.41, 5.74) is 0. The summed E-state index contributed by atoms with van der Waals surface area (Å²) in [5, 5.41) is 6.07. The molecule has 0 aliphatic rings. The molecule has 0 radical (unpaired) electrons. The molecule has 0 rings (SSSR count). The summed E-state index contributed by atoms with van der Waals surface area (Å²) in [6, 6.07) is 0. The molecule has 2 N–H and O–H groups in total. The maximum atomic E-state index is 11.4. The van der Waals surface area contributed by atoms with Gasteiger partial charge in [-0.1, -0.05) is 20.3 Å². The van der Waals surface area contributed by atoms with Crippen molar-refractivity contribution in [3.8, 4) is 0 Å². The van der Waals surface area contributed by atoms with Crippen molar-refractivity contribution in [1.29, 1.82) is 0 Å². The van der Waals surface area contributed by atoms with Gasteiger partial charge >= 0.3 is 0 Å². The Bertz CT molecular complexity index is 201. The van der Waals surface area contributed by atoms with Crippen molar-refractivity contribution < 1.29 is 14.3 Å². The van der Waals surface area contributed by atoms with E-state index in [0.717, 1.165) is 32.5 Å². The zero-order valence-electron chi connectivity index (χ0n) is 12.5. The molecule has 0 spiro atoms. The minimum absolute atomic E-state index is 0.0785. The average molecular weight is 274 g/mol. The van der Waals surface area contributed by atoms with Crippen molar-refractivity contribution >= 4 is 5.91 Å². The van der Waals surface area contributed by atoms with Crippen LogP contribution in [0.2, 0.25) is 0 Å². The summed E-state index contributed by atoms with van der Waals surface area (Å²) in [4.78, 5) is 11.4. The lowest BCUT2D eigenvalue weighted by atomic mass is 10.3. The van der Waals surface area contributed by atoms with Crippen molar-refractivity contribution in [3.63, 3.8) is 0 Å². The lowest BCUT2D eigenvalue weighted by molar-refractivity contribution is -0.121. The number of carbonyl (C=O) groups is 1. The van der Waals surface area contributed by atoms with Gasteiger partial charge < -0.3 is 20.1 Å². The van der Waals surface area contributed by atoms with Crippen LogP contribution in [0.1, 0.15) is 39.5 Å². The third-order valence-corrected chi connectivity index (χ3v) is 2.52. The molecule has 0 unspecified atom stereocenters. The zero-order valence-corrected chi connectivity index (χ0v) is 12.5. The predicted octanol–water partition coefficient (Wildman–Crippen LogP) is 1.33. The Hall–Kier alpha value is -0.650. The number of nitrogens with one attached hydrogen (secondary N) is 2. The summed E-state index contributed by atoms with van der Waals surface area (Å²) in [7, 11) is 0. The first-order valence-corrected chi connectivity index (χ1v) is 7.44. The zero-order chi connectivity index (χ0) is 14.2. The first-order chi connectivity index (χ1) is 9.31. The quantitative estimate of drug-likeness (QED) is 0.469. The molecule has 0 fully saturated rings. The van der Waals surface area contributed by atoms with Crippen LogP contribution in [0.4, 0.5) is 0 Å². The number of amides is 1. The van der Waals surface area contributed by atoms with Crippen molar-refractivity contribution in [1.82, 2.24) is 10.6 Å². The van der Waals surface area contributed by atoms with Crippen LogP contribution in [0.5, 0.6) is 0 Å². The van der Waals surface area contributed by atoms with E-state index in [9.17, 15) is 4.79 Å². The van der Waals surface area contributed by atoms with Crippen molar-refractivity contribution in [3.05, 3.63) is 0 Å². The van der Waals surface area contributed by atoms with Crippen molar-refractivity contribution in [2.24, 2.45) is 0 Å². The molecule has 0 saturated heterocycles. The Morgan fingerprint density at radius 1 is 0.895 bits per heavy atom. The number of hydrogen-bond acceptors (Lipinski definition) is 4. The first-order valence-electron chi connectivity index (χ1n) is 7.44. The van der Waals surface area contributed by atoms with E-state index in [1.807, 2.05) is 0 Å². The van der Waals surface area contributed by atoms with E-state index in [2.05, 4.69) is 24.5 Å². The second kappa shape index (κ2) is 15.4. The van der Waals surface area contributed by atoms with E-state index in [1.54, 1.807) is 0 Å². The molecule has 0 aliphatic heterocycles. The molecule has 0 aliphatic carbocycles.